The Morgan fingerprint density at radius 3 is 2.73 bits per heavy atom. The van der Waals surface area contributed by atoms with Gasteiger partial charge in [0.15, 0.2) is 6.79 Å². The number of aliphatic hydroxyl groups excluding tert-OH is 1. The van der Waals surface area contributed by atoms with Crippen LogP contribution in [0.25, 0.3) is 17.2 Å². The topological polar surface area (TPSA) is 118 Å². The second-order valence-corrected chi connectivity index (χ2v) is 4.88. The Hall–Kier alpha value is -3.46. The number of aliphatic hydroxyl groups is 1. The third-order valence-corrected chi connectivity index (χ3v) is 3.19. The molecule has 1 amide bonds. The Bertz CT molecular complexity index is 853. The molecule has 9 heteroatoms. The number of pyridine rings is 1. The standard InChI is InChI=1S/C17H15FN2O6/c1-25-16-13(7-11(8-19-16)20-17(24)26-9-21)12-6-10(2-4-14(12)18)3-5-15(22)23/h2-8,21H,9H2,1H3,(H,20,24)(H,22,23). The lowest BCUT2D eigenvalue weighted by Gasteiger charge is -2.12. The lowest BCUT2D eigenvalue weighted by atomic mass is 10.0. The summed E-state index contributed by atoms with van der Waals surface area (Å²) in [5, 5.41) is 19.6. The van der Waals surface area contributed by atoms with E-state index in [2.05, 4.69) is 15.0 Å². The number of carboxylic acids is 1. The first kappa shape index (κ1) is 18.9. The van der Waals surface area contributed by atoms with Gasteiger partial charge in [-0.2, -0.15) is 0 Å². The van der Waals surface area contributed by atoms with Crippen molar-refractivity contribution in [1.29, 1.82) is 0 Å². The number of nitrogens with zero attached hydrogens (tertiary/aromatic N) is 1. The van der Waals surface area contributed by atoms with Gasteiger partial charge in [0.25, 0.3) is 0 Å². The third kappa shape index (κ3) is 4.77. The summed E-state index contributed by atoms with van der Waals surface area (Å²) >= 11 is 0. The highest BCUT2D eigenvalue weighted by molar-refractivity contribution is 5.87. The molecule has 26 heavy (non-hydrogen) atoms. The first-order chi connectivity index (χ1) is 12.4. The number of methoxy groups -OCH3 is 1. The van der Waals surface area contributed by atoms with Gasteiger partial charge in [0.05, 0.1) is 19.0 Å². The highest BCUT2D eigenvalue weighted by atomic mass is 19.1. The van der Waals surface area contributed by atoms with Crippen molar-refractivity contribution in [3.05, 3.63) is 47.9 Å². The summed E-state index contributed by atoms with van der Waals surface area (Å²) in [6.45, 7) is -0.797. The van der Waals surface area contributed by atoms with E-state index in [1.807, 2.05) is 0 Å². The van der Waals surface area contributed by atoms with Crippen LogP contribution in [0.2, 0.25) is 0 Å². The van der Waals surface area contributed by atoms with Crippen LogP contribution in [0.3, 0.4) is 0 Å². The highest BCUT2D eigenvalue weighted by Gasteiger charge is 2.15. The average Bonchev–Trinajstić information content (AvgIpc) is 2.61. The van der Waals surface area contributed by atoms with E-state index < -0.39 is 24.7 Å². The van der Waals surface area contributed by atoms with Crippen LogP contribution in [0.1, 0.15) is 5.56 Å². The van der Waals surface area contributed by atoms with Gasteiger partial charge in [-0.25, -0.2) is 19.0 Å². The molecule has 8 nitrogen and oxygen atoms in total. The Kier molecular flexibility index (Phi) is 6.23. The van der Waals surface area contributed by atoms with Gasteiger partial charge in [-0.05, 0) is 29.8 Å². The van der Waals surface area contributed by atoms with E-state index in [0.717, 1.165) is 6.08 Å². The van der Waals surface area contributed by atoms with E-state index >= 15 is 0 Å². The number of ether oxygens (including phenoxy) is 2. The first-order valence-electron chi connectivity index (χ1n) is 7.24. The van der Waals surface area contributed by atoms with Crippen molar-refractivity contribution < 1.29 is 33.7 Å². The Morgan fingerprint density at radius 1 is 1.31 bits per heavy atom. The van der Waals surface area contributed by atoms with Gasteiger partial charge in [-0.3, -0.25) is 5.32 Å². The molecule has 0 spiro atoms. The van der Waals surface area contributed by atoms with E-state index in [1.165, 1.54) is 43.6 Å². The van der Waals surface area contributed by atoms with Gasteiger partial charge in [-0.15, -0.1) is 0 Å². The van der Waals surface area contributed by atoms with Crippen LogP contribution in [0.5, 0.6) is 5.88 Å². The maximum absolute atomic E-state index is 14.3. The number of anilines is 1. The molecule has 2 rings (SSSR count). The van der Waals surface area contributed by atoms with E-state index in [-0.39, 0.29) is 22.7 Å². The molecule has 1 aromatic heterocycles. The first-order valence-corrected chi connectivity index (χ1v) is 7.24. The highest BCUT2D eigenvalue weighted by Crippen LogP contribution is 2.33. The molecule has 1 aromatic carbocycles. The zero-order chi connectivity index (χ0) is 19.1. The monoisotopic (exact) mass is 362 g/mol. The Labute approximate surface area is 147 Å². The summed E-state index contributed by atoms with van der Waals surface area (Å²) in [4.78, 5) is 26.0. The maximum Gasteiger partial charge on any atom is 0.413 e. The normalized spacial score (nSPS) is 10.6. The minimum atomic E-state index is -1.14. The molecule has 136 valence electrons. The van der Waals surface area contributed by atoms with Crippen LogP contribution in [-0.4, -0.2) is 41.2 Å². The fourth-order valence-corrected chi connectivity index (χ4v) is 2.11. The second-order valence-electron chi connectivity index (χ2n) is 4.88. The number of amides is 1. The van der Waals surface area contributed by atoms with Crippen molar-refractivity contribution in [2.45, 2.75) is 0 Å². The Morgan fingerprint density at radius 2 is 2.08 bits per heavy atom. The number of carbonyl (C=O) groups is 2. The molecule has 2 aromatic rings. The zero-order valence-electron chi connectivity index (χ0n) is 13.6. The van der Waals surface area contributed by atoms with E-state index in [1.54, 1.807) is 0 Å². The molecule has 0 aliphatic carbocycles. The largest absolute Gasteiger partial charge is 0.481 e. The molecule has 0 saturated carbocycles. The molecule has 0 bridgehead atoms. The number of benzene rings is 1. The van der Waals surface area contributed by atoms with Gasteiger partial charge in [0.2, 0.25) is 5.88 Å². The van der Waals surface area contributed by atoms with Crippen molar-refractivity contribution in [3.63, 3.8) is 0 Å². The van der Waals surface area contributed by atoms with E-state index in [4.69, 9.17) is 14.9 Å². The average molecular weight is 362 g/mol. The molecular formula is C17H15FN2O6. The van der Waals surface area contributed by atoms with Crippen molar-refractivity contribution in [1.82, 2.24) is 4.98 Å². The predicted molar refractivity (Wildman–Crippen MR) is 90.0 cm³/mol. The number of carbonyl (C=O) groups excluding carboxylic acids is 1. The number of halogens is 1. The van der Waals surface area contributed by atoms with Gasteiger partial charge < -0.3 is 19.7 Å². The fraction of sp³-hybridized carbons (Fsp3) is 0.118. The molecule has 0 atom stereocenters. The van der Waals surface area contributed by atoms with Crippen LogP contribution >= 0.6 is 0 Å². The van der Waals surface area contributed by atoms with Crippen LogP contribution in [0, 0.1) is 5.82 Å². The van der Waals surface area contributed by atoms with Crippen LogP contribution < -0.4 is 10.1 Å². The molecule has 0 aliphatic rings. The summed E-state index contributed by atoms with van der Waals surface area (Å²) in [6, 6.07) is 5.42. The number of hydrogen-bond acceptors (Lipinski definition) is 6. The lowest BCUT2D eigenvalue weighted by Crippen LogP contribution is -2.14. The Balaban J connectivity index is 2.46. The van der Waals surface area contributed by atoms with Gasteiger partial charge in [0.1, 0.15) is 5.82 Å². The molecule has 0 radical (unpaired) electrons. The number of aliphatic carboxylic acids is 1. The molecule has 1 heterocycles. The van der Waals surface area contributed by atoms with Crippen molar-refractivity contribution in [2.24, 2.45) is 0 Å². The number of carboxylic acid groups (broad SMARTS) is 1. The summed E-state index contributed by atoms with van der Waals surface area (Å²) < 4.78 is 23.8. The number of nitrogens with one attached hydrogen (secondary N) is 1. The number of rotatable bonds is 6. The number of hydrogen-bond donors (Lipinski definition) is 3. The van der Waals surface area contributed by atoms with E-state index in [9.17, 15) is 14.0 Å². The lowest BCUT2D eigenvalue weighted by molar-refractivity contribution is -0.131. The van der Waals surface area contributed by atoms with E-state index in [0.29, 0.717) is 5.56 Å². The maximum atomic E-state index is 14.3. The molecule has 0 unspecified atom stereocenters. The van der Waals surface area contributed by atoms with Crippen molar-refractivity contribution in [2.75, 3.05) is 19.2 Å². The quantitative estimate of drug-likeness (QED) is 0.534. The van der Waals surface area contributed by atoms with Crippen LogP contribution in [-0.2, 0) is 9.53 Å². The molecule has 0 saturated heterocycles. The smallest absolute Gasteiger partial charge is 0.413 e. The zero-order valence-corrected chi connectivity index (χ0v) is 13.6. The van der Waals surface area contributed by atoms with Gasteiger partial charge in [-0.1, -0.05) is 6.07 Å². The van der Waals surface area contributed by atoms with Crippen LogP contribution in [0.4, 0.5) is 14.9 Å². The minimum absolute atomic E-state index is 0.0982. The van der Waals surface area contributed by atoms with Gasteiger partial charge >= 0.3 is 12.1 Å². The summed E-state index contributed by atoms with van der Waals surface area (Å²) in [6.07, 6.45) is 2.60. The summed E-state index contributed by atoms with van der Waals surface area (Å²) in [7, 11) is 1.35. The van der Waals surface area contributed by atoms with Gasteiger partial charge in [0, 0.05) is 17.2 Å². The van der Waals surface area contributed by atoms with Crippen molar-refractivity contribution >= 4 is 23.8 Å². The fourth-order valence-electron chi connectivity index (χ4n) is 2.11. The third-order valence-electron chi connectivity index (χ3n) is 3.19. The molecule has 0 fully saturated rings. The summed E-state index contributed by atoms with van der Waals surface area (Å²) in [5.41, 5.74) is 0.965. The number of aromatic nitrogens is 1. The predicted octanol–water partition coefficient (Wildman–Crippen LogP) is 2.49. The van der Waals surface area contributed by atoms with Crippen LogP contribution in [0.15, 0.2) is 36.5 Å². The molecule has 3 N–H and O–H groups in total. The minimum Gasteiger partial charge on any atom is -0.481 e. The molecule has 0 aliphatic heterocycles. The van der Waals surface area contributed by atoms with Crippen molar-refractivity contribution in [3.8, 4) is 17.0 Å². The second kappa shape index (κ2) is 8.58. The SMILES string of the molecule is COc1ncc(NC(=O)OCO)cc1-c1cc(C=CC(=O)O)ccc1F. The molecular weight excluding hydrogens is 347 g/mol. The summed E-state index contributed by atoms with van der Waals surface area (Å²) in [5.74, 6) is -1.62.